The number of hydrogen-bond acceptors (Lipinski definition) is 4. The van der Waals surface area contributed by atoms with Crippen molar-refractivity contribution in [2.24, 2.45) is 0 Å². The second-order valence-electron chi connectivity index (χ2n) is 5.93. The SMILES string of the molecule is COCCN(CCC(C)(NC1CC1)C(=O)O)C(C)C. The van der Waals surface area contributed by atoms with Gasteiger partial charge in [0.05, 0.1) is 6.61 Å². The molecule has 1 rings (SSSR count). The molecule has 0 aromatic heterocycles. The van der Waals surface area contributed by atoms with E-state index in [4.69, 9.17) is 4.74 Å². The van der Waals surface area contributed by atoms with E-state index in [-0.39, 0.29) is 0 Å². The number of hydrogen-bond donors (Lipinski definition) is 2. The lowest BCUT2D eigenvalue weighted by atomic mass is 9.97. The fourth-order valence-corrected chi connectivity index (χ4v) is 2.12. The molecule has 0 saturated heterocycles. The van der Waals surface area contributed by atoms with Gasteiger partial charge in [-0.25, -0.2) is 0 Å². The average Bonchev–Trinajstić information content (AvgIpc) is 3.12. The Balaban J connectivity index is 2.50. The predicted molar refractivity (Wildman–Crippen MR) is 75.4 cm³/mol. The van der Waals surface area contributed by atoms with Gasteiger partial charge in [-0.2, -0.15) is 0 Å². The molecule has 0 aromatic carbocycles. The van der Waals surface area contributed by atoms with Crippen molar-refractivity contribution in [3.63, 3.8) is 0 Å². The Hall–Kier alpha value is -0.650. The van der Waals surface area contributed by atoms with Crippen LogP contribution in [-0.4, -0.2) is 60.4 Å². The highest BCUT2D eigenvalue weighted by molar-refractivity contribution is 5.78. The molecule has 5 nitrogen and oxygen atoms in total. The van der Waals surface area contributed by atoms with Crippen LogP contribution in [0.15, 0.2) is 0 Å². The van der Waals surface area contributed by atoms with E-state index >= 15 is 0 Å². The Morgan fingerprint density at radius 2 is 2.11 bits per heavy atom. The average molecular weight is 272 g/mol. The van der Waals surface area contributed by atoms with Gasteiger partial charge in [-0.15, -0.1) is 0 Å². The van der Waals surface area contributed by atoms with Crippen molar-refractivity contribution in [1.82, 2.24) is 10.2 Å². The number of aliphatic carboxylic acids is 1. The molecule has 1 unspecified atom stereocenters. The monoisotopic (exact) mass is 272 g/mol. The van der Waals surface area contributed by atoms with Crippen molar-refractivity contribution in [2.45, 2.75) is 57.7 Å². The van der Waals surface area contributed by atoms with Gasteiger partial charge in [0.2, 0.25) is 0 Å². The second-order valence-corrected chi connectivity index (χ2v) is 5.93. The van der Waals surface area contributed by atoms with E-state index in [1.165, 1.54) is 0 Å². The first-order valence-electron chi connectivity index (χ1n) is 7.13. The fraction of sp³-hybridized carbons (Fsp3) is 0.929. The van der Waals surface area contributed by atoms with Crippen LogP contribution in [0.25, 0.3) is 0 Å². The van der Waals surface area contributed by atoms with Crippen LogP contribution < -0.4 is 5.32 Å². The largest absolute Gasteiger partial charge is 0.480 e. The maximum absolute atomic E-state index is 11.5. The molecule has 0 spiro atoms. The molecule has 1 aliphatic carbocycles. The molecule has 1 saturated carbocycles. The van der Waals surface area contributed by atoms with Gasteiger partial charge in [0.15, 0.2) is 0 Å². The lowest BCUT2D eigenvalue weighted by Gasteiger charge is -2.32. The summed E-state index contributed by atoms with van der Waals surface area (Å²) < 4.78 is 5.10. The van der Waals surface area contributed by atoms with Crippen molar-refractivity contribution in [2.75, 3.05) is 26.8 Å². The minimum Gasteiger partial charge on any atom is -0.480 e. The number of carboxylic acid groups (broad SMARTS) is 1. The summed E-state index contributed by atoms with van der Waals surface area (Å²) in [4.78, 5) is 13.7. The molecule has 19 heavy (non-hydrogen) atoms. The number of nitrogens with one attached hydrogen (secondary N) is 1. The van der Waals surface area contributed by atoms with E-state index in [1.54, 1.807) is 14.0 Å². The van der Waals surface area contributed by atoms with Gasteiger partial charge in [0.25, 0.3) is 0 Å². The Morgan fingerprint density at radius 1 is 1.47 bits per heavy atom. The predicted octanol–water partition coefficient (Wildman–Crippen LogP) is 1.33. The molecule has 0 heterocycles. The van der Waals surface area contributed by atoms with Crippen molar-refractivity contribution in [3.8, 4) is 0 Å². The zero-order valence-electron chi connectivity index (χ0n) is 12.6. The van der Waals surface area contributed by atoms with Gasteiger partial charge >= 0.3 is 5.97 Å². The van der Waals surface area contributed by atoms with Gasteiger partial charge in [0, 0.05) is 32.3 Å². The molecule has 0 bridgehead atoms. The zero-order chi connectivity index (χ0) is 14.5. The molecule has 0 aliphatic heterocycles. The molecule has 0 radical (unpaired) electrons. The summed E-state index contributed by atoms with van der Waals surface area (Å²) in [6.07, 6.45) is 2.81. The number of carbonyl (C=O) groups is 1. The van der Waals surface area contributed by atoms with Gasteiger partial charge in [-0.05, 0) is 40.0 Å². The maximum atomic E-state index is 11.5. The third-order valence-electron chi connectivity index (χ3n) is 3.78. The lowest BCUT2D eigenvalue weighted by Crippen LogP contribution is -2.53. The summed E-state index contributed by atoms with van der Waals surface area (Å²) in [5.74, 6) is -0.755. The van der Waals surface area contributed by atoms with E-state index in [1.807, 2.05) is 0 Å². The Kier molecular flexibility index (Phi) is 6.23. The van der Waals surface area contributed by atoms with Gasteiger partial charge < -0.3 is 9.84 Å². The second kappa shape index (κ2) is 7.22. The quantitative estimate of drug-likeness (QED) is 0.628. The molecule has 1 atom stereocenters. The summed E-state index contributed by atoms with van der Waals surface area (Å²) in [7, 11) is 1.69. The van der Waals surface area contributed by atoms with Crippen molar-refractivity contribution < 1.29 is 14.6 Å². The molecule has 1 aliphatic rings. The number of nitrogens with zero attached hydrogens (tertiary/aromatic N) is 1. The Labute approximate surface area is 116 Å². The highest BCUT2D eigenvalue weighted by atomic mass is 16.5. The van der Waals surface area contributed by atoms with E-state index in [9.17, 15) is 9.90 Å². The highest BCUT2D eigenvalue weighted by Crippen LogP contribution is 2.24. The van der Waals surface area contributed by atoms with E-state index in [2.05, 4.69) is 24.1 Å². The Bertz CT molecular complexity index is 292. The molecule has 2 N–H and O–H groups in total. The molecule has 112 valence electrons. The third-order valence-corrected chi connectivity index (χ3v) is 3.78. The third kappa shape index (κ3) is 5.47. The molecular formula is C14H28N2O3. The van der Waals surface area contributed by atoms with Crippen LogP contribution in [0.5, 0.6) is 0 Å². The van der Waals surface area contributed by atoms with Crippen molar-refractivity contribution in [3.05, 3.63) is 0 Å². The van der Waals surface area contributed by atoms with Crippen molar-refractivity contribution >= 4 is 5.97 Å². The zero-order valence-corrected chi connectivity index (χ0v) is 12.6. The molecular weight excluding hydrogens is 244 g/mol. The molecule has 1 fully saturated rings. The van der Waals surface area contributed by atoms with E-state index < -0.39 is 11.5 Å². The first-order valence-corrected chi connectivity index (χ1v) is 7.13. The number of carboxylic acids is 1. The van der Waals surface area contributed by atoms with Gasteiger partial charge in [0.1, 0.15) is 5.54 Å². The fourth-order valence-electron chi connectivity index (χ4n) is 2.12. The summed E-state index contributed by atoms with van der Waals surface area (Å²) in [6.45, 7) is 8.33. The summed E-state index contributed by atoms with van der Waals surface area (Å²) in [5, 5.41) is 12.7. The first-order chi connectivity index (χ1) is 8.89. The minimum atomic E-state index is -0.818. The Morgan fingerprint density at radius 3 is 2.53 bits per heavy atom. The summed E-state index contributed by atoms with van der Waals surface area (Å²) >= 11 is 0. The topological polar surface area (TPSA) is 61.8 Å². The van der Waals surface area contributed by atoms with Crippen LogP contribution in [0.4, 0.5) is 0 Å². The van der Waals surface area contributed by atoms with Gasteiger partial charge in [-0.1, -0.05) is 0 Å². The molecule has 0 amide bonds. The van der Waals surface area contributed by atoms with Crippen LogP contribution in [0, 0.1) is 0 Å². The molecule has 0 aromatic rings. The standard InChI is InChI=1S/C14H28N2O3/c1-11(2)16(9-10-19-4)8-7-14(3,13(17)18)15-12-5-6-12/h11-12,15H,5-10H2,1-4H3,(H,17,18). The van der Waals surface area contributed by atoms with Crippen LogP contribution in [-0.2, 0) is 9.53 Å². The van der Waals surface area contributed by atoms with Gasteiger partial charge in [-0.3, -0.25) is 15.0 Å². The smallest absolute Gasteiger partial charge is 0.323 e. The van der Waals surface area contributed by atoms with Crippen molar-refractivity contribution in [1.29, 1.82) is 0 Å². The number of ether oxygens (including phenoxy) is 1. The molecule has 5 heteroatoms. The van der Waals surface area contributed by atoms with Crippen LogP contribution in [0.3, 0.4) is 0 Å². The maximum Gasteiger partial charge on any atom is 0.323 e. The summed E-state index contributed by atoms with van der Waals surface area (Å²) in [5.41, 5.74) is -0.818. The first kappa shape index (κ1) is 16.4. The van der Waals surface area contributed by atoms with E-state index in [0.29, 0.717) is 25.1 Å². The summed E-state index contributed by atoms with van der Waals surface area (Å²) in [6, 6.07) is 0.793. The normalized spacial score (nSPS) is 18.8. The van der Waals surface area contributed by atoms with Crippen LogP contribution >= 0.6 is 0 Å². The number of rotatable bonds is 10. The van der Waals surface area contributed by atoms with Crippen LogP contribution in [0.1, 0.15) is 40.0 Å². The van der Waals surface area contributed by atoms with Crippen LogP contribution in [0.2, 0.25) is 0 Å². The minimum absolute atomic E-state index is 0.396. The lowest BCUT2D eigenvalue weighted by molar-refractivity contribution is -0.144. The number of methoxy groups -OCH3 is 1. The highest BCUT2D eigenvalue weighted by Gasteiger charge is 2.38. The van der Waals surface area contributed by atoms with E-state index in [0.717, 1.165) is 25.9 Å².